The van der Waals surface area contributed by atoms with Gasteiger partial charge in [-0.05, 0) is 143 Å². The second-order valence-corrected chi connectivity index (χ2v) is 15.7. The van der Waals surface area contributed by atoms with Crippen LogP contribution in [0.15, 0.2) is 201 Å². The summed E-state index contributed by atoms with van der Waals surface area (Å²) in [6.07, 6.45) is 9.89. The van der Waals surface area contributed by atoms with Gasteiger partial charge in [0.25, 0.3) is 0 Å². The van der Waals surface area contributed by atoms with E-state index in [-0.39, 0.29) is 0 Å². The van der Waals surface area contributed by atoms with Gasteiger partial charge in [0.2, 0.25) is 0 Å². The molecule has 0 bridgehead atoms. The van der Waals surface area contributed by atoms with E-state index in [9.17, 15) is 5.41 Å². The molecule has 9 aromatic rings. The molecule has 0 amide bonds. The van der Waals surface area contributed by atoms with Crippen LogP contribution in [-0.2, 0) is 5.41 Å². The van der Waals surface area contributed by atoms with E-state index < -0.39 is 5.41 Å². The van der Waals surface area contributed by atoms with E-state index in [0.29, 0.717) is 5.71 Å². The van der Waals surface area contributed by atoms with E-state index in [0.717, 1.165) is 11.1 Å². The van der Waals surface area contributed by atoms with Crippen molar-refractivity contribution in [2.24, 2.45) is 0 Å². The first-order valence-corrected chi connectivity index (χ1v) is 20.4. The first-order valence-electron chi connectivity index (χ1n) is 20.4. The van der Waals surface area contributed by atoms with Crippen molar-refractivity contribution in [3.63, 3.8) is 0 Å². The molecule has 1 heteroatoms. The molecule has 0 atom stereocenters. The monoisotopic (exact) mass is 753 g/mol. The summed E-state index contributed by atoms with van der Waals surface area (Å²) in [7, 11) is 0. The standard InChI is InChI=1S/C58H43N/c1-4-5-16-40-25-26-41(39(3)38(40)2)30-34-57(59)44-29-33-53-52-32-28-43(36-55(52)58(56(53)37-44,45-17-8-6-9-18-45)46-19-10-7-11-20-46)42-27-31-51-49-23-13-12-21-47(49)48-22-14-15-24-50(48)54(51)35-42/h4-37,59H,1H2,2-3H3/b16-5-,34-30-,59-57?. The van der Waals surface area contributed by atoms with Crippen molar-refractivity contribution in [3.8, 4) is 22.3 Å². The van der Waals surface area contributed by atoms with E-state index in [1.54, 1.807) is 6.08 Å². The summed E-state index contributed by atoms with van der Waals surface area (Å²) in [6, 6.07) is 64.4. The minimum atomic E-state index is -0.606. The smallest absolute Gasteiger partial charge is 0.0714 e. The molecule has 0 heterocycles. The number of benzene rings is 9. The maximum absolute atomic E-state index is 9.41. The topological polar surface area (TPSA) is 23.9 Å². The molecular formula is C58H43N. The van der Waals surface area contributed by atoms with Crippen LogP contribution in [0.3, 0.4) is 0 Å². The van der Waals surface area contributed by atoms with E-state index in [4.69, 9.17) is 0 Å². The first-order chi connectivity index (χ1) is 29.0. The Morgan fingerprint density at radius 1 is 0.475 bits per heavy atom. The average molecular weight is 754 g/mol. The quantitative estimate of drug-likeness (QED) is 0.0908. The summed E-state index contributed by atoms with van der Waals surface area (Å²) < 4.78 is 0. The fourth-order valence-electron chi connectivity index (χ4n) is 9.59. The van der Waals surface area contributed by atoms with Gasteiger partial charge in [0.05, 0.1) is 11.1 Å². The number of hydrogen-bond acceptors (Lipinski definition) is 1. The zero-order valence-electron chi connectivity index (χ0n) is 33.3. The molecule has 0 saturated heterocycles. The Balaban J connectivity index is 1.14. The zero-order chi connectivity index (χ0) is 40.1. The van der Waals surface area contributed by atoms with Crippen LogP contribution in [-0.4, -0.2) is 5.71 Å². The number of nitrogens with one attached hydrogen (secondary N) is 1. The fourth-order valence-corrected chi connectivity index (χ4v) is 9.59. The van der Waals surface area contributed by atoms with Gasteiger partial charge in [-0.3, -0.25) is 0 Å². The molecule has 1 aliphatic carbocycles. The Morgan fingerprint density at radius 3 is 1.54 bits per heavy atom. The fraction of sp³-hybridized carbons (Fsp3) is 0.0517. The maximum atomic E-state index is 9.41. The first kappa shape index (κ1) is 36.0. The highest BCUT2D eigenvalue weighted by molar-refractivity contribution is 6.25. The highest BCUT2D eigenvalue weighted by atomic mass is 14.5. The Bertz CT molecular complexity index is 3120. The second-order valence-electron chi connectivity index (χ2n) is 15.7. The molecule has 1 N–H and O–H groups in total. The highest BCUT2D eigenvalue weighted by Gasteiger charge is 2.46. The van der Waals surface area contributed by atoms with Gasteiger partial charge in [0.1, 0.15) is 0 Å². The molecule has 0 unspecified atom stereocenters. The van der Waals surface area contributed by atoms with Crippen LogP contribution < -0.4 is 0 Å². The highest BCUT2D eigenvalue weighted by Crippen LogP contribution is 2.57. The molecule has 9 aromatic carbocycles. The molecule has 280 valence electrons. The van der Waals surface area contributed by atoms with Crippen LogP contribution in [0, 0.1) is 19.3 Å². The Hall–Kier alpha value is -7.35. The van der Waals surface area contributed by atoms with Gasteiger partial charge in [0.15, 0.2) is 0 Å². The van der Waals surface area contributed by atoms with Crippen LogP contribution >= 0.6 is 0 Å². The second kappa shape index (κ2) is 14.5. The minimum Gasteiger partial charge on any atom is -0.300 e. The maximum Gasteiger partial charge on any atom is 0.0714 e. The molecule has 10 rings (SSSR count). The van der Waals surface area contributed by atoms with E-state index in [1.807, 2.05) is 12.2 Å². The van der Waals surface area contributed by atoms with E-state index >= 15 is 0 Å². The molecule has 0 radical (unpaired) electrons. The SMILES string of the molecule is C=C/C=C\c1ccc(/C=C\C(=N)c2ccc3c(c2)C(c2ccccc2)(c2ccccc2)c2cc(-c4ccc5c6ccccc6c6ccccc6c5c4)ccc2-3)c(C)c1C. The average Bonchev–Trinajstić information content (AvgIpc) is 3.59. The van der Waals surface area contributed by atoms with Gasteiger partial charge < -0.3 is 5.41 Å². The van der Waals surface area contributed by atoms with Crippen molar-refractivity contribution in [2.75, 3.05) is 0 Å². The molecular weight excluding hydrogens is 711 g/mol. The number of fused-ring (bicyclic) bond motifs is 9. The summed E-state index contributed by atoms with van der Waals surface area (Å²) in [5.41, 5.74) is 15.1. The predicted octanol–water partition coefficient (Wildman–Crippen LogP) is 15.1. The van der Waals surface area contributed by atoms with Gasteiger partial charge in [-0.1, -0.05) is 189 Å². The van der Waals surface area contributed by atoms with Gasteiger partial charge in [-0.25, -0.2) is 0 Å². The lowest BCUT2D eigenvalue weighted by Gasteiger charge is -2.34. The molecule has 0 spiro atoms. The van der Waals surface area contributed by atoms with Crippen LogP contribution in [0.4, 0.5) is 0 Å². The van der Waals surface area contributed by atoms with Crippen LogP contribution in [0.2, 0.25) is 0 Å². The van der Waals surface area contributed by atoms with Gasteiger partial charge in [0, 0.05) is 0 Å². The van der Waals surface area contributed by atoms with Crippen LogP contribution in [0.1, 0.15) is 50.1 Å². The van der Waals surface area contributed by atoms with Gasteiger partial charge in [-0.2, -0.15) is 0 Å². The van der Waals surface area contributed by atoms with E-state index in [1.165, 1.54) is 93.5 Å². The predicted molar refractivity (Wildman–Crippen MR) is 253 cm³/mol. The molecule has 1 nitrogen and oxygen atoms in total. The summed E-state index contributed by atoms with van der Waals surface area (Å²) in [6.45, 7) is 8.13. The zero-order valence-corrected chi connectivity index (χ0v) is 33.3. The van der Waals surface area contributed by atoms with Crippen LogP contribution in [0.25, 0.3) is 66.7 Å². The molecule has 0 saturated carbocycles. The Morgan fingerprint density at radius 2 is 0.949 bits per heavy atom. The van der Waals surface area contributed by atoms with E-state index in [2.05, 4.69) is 209 Å². The van der Waals surface area contributed by atoms with Crippen molar-refractivity contribution in [1.29, 1.82) is 5.41 Å². The normalized spacial score (nSPS) is 13.1. The Kier molecular flexibility index (Phi) is 8.88. The molecule has 0 fully saturated rings. The van der Waals surface area contributed by atoms with Crippen molar-refractivity contribution in [1.82, 2.24) is 0 Å². The third-order valence-corrected chi connectivity index (χ3v) is 12.7. The number of hydrogen-bond donors (Lipinski definition) is 1. The summed E-state index contributed by atoms with van der Waals surface area (Å²) in [5.74, 6) is 0. The largest absolute Gasteiger partial charge is 0.300 e. The third-order valence-electron chi connectivity index (χ3n) is 12.7. The number of rotatable bonds is 8. The lowest BCUT2D eigenvalue weighted by atomic mass is 9.67. The molecule has 59 heavy (non-hydrogen) atoms. The summed E-state index contributed by atoms with van der Waals surface area (Å²) >= 11 is 0. The molecule has 1 aliphatic rings. The number of allylic oxidation sites excluding steroid dienone is 3. The molecule has 0 aromatic heterocycles. The van der Waals surface area contributed by atoms with Crippen molar-refractivity contribution in [3.05, 3.63) is 251 Å². The van der Waals surface area contributed by atoms with Gasteiger partial charge >= 0.3 is 0 Å². The van der Waals surface area contributed by atoms with Crippen molar-refractivity contribution < 1.29 is 0 Å². The lowest BCUT2D eigenvalue weighted by Crippen LogP contribution is -2.28. The van der Waals surface area contributed by atoms with Crippen LogP contribution in [0.5, 0.6) is 0 Å². The Labute approximate surface area is 346 Å². The van der Waals surface area contributed by atoms with Crippen molar-refractivity contribution >= 4 is 50.2 Å². The minimum absolute atomic E-state index is 0.475. The summed E-state index contributed by atoms with van der Waals surface area (Å²) in [4.78, 5) is 0. The lowest BCUT2D eigenvalue weighted by molar-refractivity contribution is 0.768. The van der Waals surface area contributed by atoms with Gasteiger partial charge in [-0.15, -0.1) is 0 Å². The molecule has 0 aliphatic heterocycles. The van der Waals surface area contributed by atoms with Crippen molar-refractivity contribution in [2.45, 2.75) is 19.3 Å². The summed E-state index contributed by atoms with van der Waals surface area (Å²) in [5, 5.41) is 17.1. The third kappa shape index (κ3) is 5.81.